The Hall–Kier alpha value is -2.77. The molecule has 0 aromatic heterocycles. The highest BCUT2D eigenvalue weighted by molar-refractivity contribution is 6.03. The summed E-state index contributed by atoms with van der Waals surface area (Å²) in [5, 5.41) is 18.8. The van der Waals surface area contributed by atoms with Crippen molar-refractivity contribution in [3.8, 4) is 0 Å². The maximum Gasteiger partial charge on any atom is 0.269 e. The van der Waals surface area contributed by atoms with Crippen molar-refractivity contribution in [2.45, 2.75) is 6.17 Å². The molecule has 1 aromatic rings. The van der Waals surface area contributed by atoms with Crippen molar-refractivity contribution in [2.24, 2.45) is 16.0 Å². The average Bonchev–Trinajstić information content (AvgIpc) is 2.84. The fraction of sp³-hybridized carbons (Fsp3) is 0.182. The summed E-state index contributed by atoms with van der Waals surface area (Å²) in [6.07, 6.45) is 2.45. The molecule has 0 radical (unpaired) electrons. The number of non-ortho nitro benzene ring substituents is 1. The number of hydrogen-bond acceptors (Lipinski definition) is 6. The van der Waals surface area contributed by atoms with Crippen molar-refractivity contribution in [1.82, 2.24) is 5.32 Å². The number of benzene rings is 1. The molecule has 0 bridgehead atoms. The molecule has 1 aromatic carbocycles. The van der Waals surface area contributed by atoms with Crippen LogP contribution in [0.5, 0.6) is 0 Å². The van der Waals surface area contributed by atoms with Crippen LogP contribution in [-0.4, -0.2) is 29.5 Å². The fourth-order valence-electron chi connectivity index (χ4n) is 2.02. The average molecular weight is 259 g/mol. The van der Waals surface area contributed by atoms with E-state index >= 15 is 0 Å². The van der Waals surface area contributed by atoms with Gasteiger partial charge in [-0.25, -0.2) is 10.0 Å². The van der Waals surface area contributed by atoms with E-state index in [1.807, 2.05) is 0 Å². The van der Waals surface area contributed by atoms with Gasteiger partial charge in [0.05, 0.1) is 16.9 Å². The molecule has 2 aliphatic heterocycles. The molecule has 0 fully saturated rings. The predicted octanol–water partition coefficient (Wildman–Crippen LogP) is 0.501. The summed E-state index contributed by atoms with van der Waals surface area (Å²) in [5.74, 6) is -0.589. The van der Waals surface area contributed by atoms with E-state index in [0.29, 0.717) is 5.69 Å². The van der Waals surface area contributed by atoms with Crippen molar-refractivity contribution < 1.29 is 9.72 Å². The first kappa shape index (κ1) is 11.3. The molecular formula is C11H9N5O3. The van der Waals surface area contributed by atoms with Gasteiger partial charge in [-0.1, -0.05) is 0 Å². The molecular weight excluding hydrogens is 250 g/mol. The summed E-state index contributed by atoms with van der Waals surface area (Å²) in [5.41, 5.74) is 0.662. The first-order valence-electron chi connectivity index (χ1n) is 5.56. The van der Waals surface area contributed by atoms with Crippen LogP contribution in [0.15, 0.2) is 34.4 Å². The standard InChI is InChI=1S/C11H9N5O3/c17-11-9-5-14-15(10(9)12-6-13-11)7-1-3-8(4-2-7)16(18)19/h1-6,9-10H,(H,12,13,17). The van der Waals surface area contributed by atoms with Crippen LogP contribution in [0, 0.1) is 16.0 Å². The van der Waals surface area contributed by atoms with Crippen molar-refractivity contribution in [1.29, 1.82) is 0 Å². The highest BCUT2D eigenvalue weighted by atomic mass is 16.6. The zero-order valence-corrected chi connectivity index (χ0v) is 9.63. The quantitative estimate of drug-likeness (QED) is 0.617. The maximum atomic E-state index is 11.6. The van der Waals surface area contributed by atoms with Gasteiger partial charge >= 0.3 is 0 Å². The molecule has 96 valence electrons. The Kier molecular flexibility index (Phi) is 2.48. The second-order valence-corrected chi connectivity index (χ2v) is 4.11. The number of hydrogen-bond donors (Lipinski definition) is 1. The van der Waals surface area contributed by atoms with Gasteiger partial charge in [0.15, 0.2) is 6.17 Å². The Labute approximate surface area is 107 Å². The topological polar surface area (TPSA) is 100 Å². The minimum absolute atomic E-state index is 0.00775. The van der Waals surface area contributed by atoms with Crippen LogP contribution in [0.4, 0.5) is 11.4 Å². The molecule has 2 unspecified atom stereocenters. The number of nitrogens with one attached hydrogen (secondary N) is 1. The van der Waals surface area contributed by atoms with Crippen LogP contribution in [0.25, 0.3) is 0 Å². The van der Waals surface area contributed by atoms with Crippen molar-refractivity contribution in [3.63, 3.8) is 0 Å². The van der Waals surface area contributed by atoms with E-state index in [1.54, 1.807) is 17.1 Å². The number of nitro groups is 1. The van der Waals surface area contributed by atoms with Gasteiger partial charge in [0.2, 0.25) is 5.91 Å². The molecule has 0 saturated carbocycles. The number of rotatable bonds is 2. The first-order valence-corrected chi connectivity index (χ1v) is 5.56. The zero-order valence-electron chi connectivity index (χ0n) is 9.63. The first-order chi connectivity index (χ1) is 9.16. The number of hydrazone groups is 1. The lowest BCUT2D eigenvalue weighted by molar-refractivity contribution is -0.384. The summed E-state index contributed by atoms with van der Waals surface area (Å²) in [7, 11) is 0. The summed E-state index contributed by atoms with van der Waals surface area (Å²) in [6.45, 7) is 0. The smallest absolute Gasteiger partial charge is 0.269 e. The lowest BCUT2D eigenvalue weighted by Gasteiger charge is -2.25. The number of nitrogens with zero attached hydrogens (tertiary/aromatic N) is 4. The van der Waals surface area contributed by atoms with E-state index in [1.165, 1.54) is 24.7 Å². The van der Waals surface area contributed by atoms with E-state index in [0.717, 1.165) is 0 Å². The number of fused-ring (bicyclic) bond motifs is 1. The van der Waals surface area contributed by atoms with Gasteiger partial charge in [0.1, 0.15) is 5.92 Å². The molecule has 1 amide bonds. The summed E-state index contributed by atoms with van der Waals surface area (Å²) in [4.78, 5) is 25.9. The van der Waals surface area contributed by atoms with Crippen molar-refractivity contribution in [2.75, 3.05) is 5.01 Å². The Morgan fingerprint density at radius 2 is 2.05 bits per heavy atom. The van der Waals surface area contributed by atoms with Crippen LogP contribution in [0.1, 0.15) is 0 Å². The van der Waals surface area contributed by atoms with E-state index in [2.05, 4.69) is 15.4 Å². The van der Waals surface area contributed by atoms with Gasteiger partial charge < -0.3 is 5.32 Å². The maximum absolute atomic E-state index is 11.6. The Morgan fingerprint density at radius 3 is 2.74 bits per heavy atom. The summed E-state index contributed by atoms with van der Waals surface area (Å²) in [6, 6.07) is 5.95. The molecule has 0 saturated heterocycles. The monoisotopic (exact) mass is 259 g/mol. The Bertz CT molecular complexity index is 595. The molecule has 19 heavy (non-hydrogen) atoms. The normalized spacial score (nSPS) is 24.2. The van der Waals surface area contributed by atoms with E-state index in [4.69, 9.17) is 0 Å². The molecule has 0 aliphatic carbocycles. The van der Waals surface area contributed by atoms with Gasteiger partial charge in [-0.15, -0.1) is 0 Å². The number of nitro benzene ring substituents is 1. The van der Waals surface area contributed by atoms with Crippen molar-refractivity contribution >= 4 is 29.8 Å². The molecule has 3 rings (SSSR count). The largest absolute Gasteiger partial charge is 0.316 e. The third-order valence-corrected chi connectivity index (χ3v) is 2.99. The third kappa shape index (κ3) is 1.82. The lowest BCUT2D eigenvalue weighted by atomic mass is 10.1. The van der Waals surface area contributed by atoms with Crippen molar-refractivity contribution in [3.05, 3.63) is 34.4 Å². The van der Waals surface area contributed by atoms with Crippen LogP contribution < -0.4 is 10.3 Å². The number of aliphatic imine (C=N–C) groups is 1. The highest BCUT2D eigenvalue weighted by Crippen LogP contribution is 2.28. The zero-order chi connectivity index (χ0) is 13.4. The number of carbonyl (C=O) groups is 1. The van der Waals surface area contributed by atoms with Gasteiger partial charge in [0, 0.05) is 18.3 Å². The molecule has 2 atom stereocenters. The van der Waals surface area contributed by atoms with Crippen LogP contribution in [0.2, 0.25) is 0 Å². The fourth-order valence-corrected chi connectivity index (χ4v) is 2.02. The van der Waals surface area contributed by atoms with Crippen LogP contribution >= 0.6 is 0 Å². The number of carbonyl (C=O) groups excluding carboxylic acids is 1. The van der Waals surface area contributed by atoms with Crippen LogP contribution in [-0.2, 0) is 4.79 Å². The third-order valence-electron chi connectivity index (χ3n) is 2.99. The SMILES string of the molecule is O=C1NC=NC2C1C=NN2c1ccc([N+](=O)[O-])cc1. The van der Waals surface area contributed by atoms with Gasteiger partial charge in [0.25, 0.3) is 5.69 Å². The Balaban J connectivity index is 1.89. The minimum atomic E-state index is -0.466. The van der Waals surface area contributed by atoms with Gasteiger partial charge in [-0.05, 0) is 12.1 Å². The van der Waals surface area contributed by atoms with Crippen LogP contribution in [0.3, 0.4) is 0 Å². The van der Waals surface area contributed by atoms with Gasteiger partial charge in [-0.3, -0.25) is 14.9 Å². The van der Waals surface area contributed by atoms with Gasteiger partial charge in [-0.2, -0.15) is 5.10 Å². The second-order valence-electron chi connectivity index (χ2n) is 4.11. The summed E-state index contributed by atoms with van der Waals surface area (Å²) >= 11 is 0. The lowest BCUT2D eigenvalue weighted by Crippen LogP contribution is -2.44. The number of amides is 1. The summed E-state index contributed by atoms with van der Waals surface area (Å²) < 4.78 is 0. The minimum Gasteiger partial charge on any atom is -0.316 e. The van der Waals surface area contributed by atoms with E-state index in [9.17, 15) is 14.9 Å². The molecule has 8 nitrogen and oxygen atoms in total. The Morgan fingerprint density at radius 1 is 1.32 bits per heavy atom. The molecule has 8 heteroatoms. The molecule has 2 aliphatic rings. The molecule has 1 N–H and O–H groups in total. The number of anilines is 1. The molecule has 2 heterocycles. The predicted molar refractivity (Wildman–Crippen MR) is 68.0 cm³/mol. The van der Waals surface area contributed by atoms with E-state index < -0.39 is 17.0 Å². The highest BCUT2D eigenvalue weighted by Gasteiger charge is 2.38. The molecule has 0 spiro atoms. The second kappa shape index (κ2) is 4.16. The van der Waals surface area contributed by atoms with E-state index in [-0.39, 0.29) is 11.6 Å².